The molecule has 5 rings (SSSR count). The van der Waals surface area contributed by atoms with Crippen LogP contribution in [0.25, 0.3) is 11.4 Å². The van der Waals surface area contributed by atoms with Crippen LogP contribution in [0, 0.1) is 31.6 Å². The number of pyridine rings is 1. The molecule has 1 N–H and O–H groups in total. The van der Waals surface area contributed by atoms with Gasteiger partial charge in [-0.1, -0.05) is 6.07 Å². The predicted molar refractivity (Wildman–Crippen MR) is 121 cm³/mol. The molecule has 2 fully saturated rings. The van der Waals surface area contributed by atoms with Crippen LogP contribution in [0.5, 0.6) is 0 Å². The van der Waals surface area contributed by atoms with E-state index in [2.05, 4.69) is 43.5 Å². The fourth-order valence-corrected chi connectivity index (χ4v) is 5.45. The molecule has 0 aromatic carbocycles. The summed E-state index contributed by atoms with van der Waals surface area (Å²) in [5, 5.41) is 16.7. The first-order valence-electron chi connectivity index (χ1n) is 11.3. The molecule has 3 unspecified atom stereocenters. The van der Waals surface area contributed by atoms with Crippen LogP contribution in [0.3, 0.4) is 0 Å². The van der Waals surface area contributed by atoms with Crippen molar-refractivity contribution in [1.29, 1.82) is 0 Å². The highest BCUT2D eigenvalue weighted by Gasteiger charge is 2.42. The van der Waals surface area contributed by atoms with Gasteiger partial charge < -0.3 is 5.32 Å². The van der Waals surface area contributed by atoms with Gasteiger partial charge in [0, 0.05) is 39.4 Å². The van der Waals surface area contributed by atoms with Crippen molar-refractivity contribution in [3.8, 4) is 11.4 Å². The maximum atomic E-state index is 4.59. The van der Waals surface area contributed by atoms with Gasteiger partial charge in [0.05, 0.1) is 17.6 Å². The van der Waals surface area contributed by atoms with Crippen LogP contribution >= 0.6 is 0 Å². The first-order chi connectivity index (χ1) is 15.1. The Balaban J connectivity index is 1.18. The van der Waals surface area contributed by atoms with E-state index in [0.717, 1.165) is 47.7 Å². The number of fused-ring (bicyclic) bond motifs is 1. The standard InChI is InChI=1S/C24H31N7/c1-16-5-4-10-25-22(16)15-31-13-19-7-6-18(20(19)14-31)12-26-23-9-8-21(28-29-23)24-17(2)11-27-30(24)3/h4-5,8-11,18-20H,6-7,12-15H2,1-3H3,(H,26,29). The van der Waals surface area contributed by atoms with Gasteiger partial charge in [-0.05, 0) is 73.8 Å². The van der Waals surface area contributed by atoms with Crippen LogP contribution in [-0.2, 0) is 13.6 Å². The minimum absolute atomic E-state index is 0.695. The molecule has 7 nitrogen and oxygen atoms in total. The van der Waals surface area contributed by atoms with Crippen molar-refractivity contribution in [2.75, 3.05) is 25.0 Å². The molecule has 1 saturated heterocycles. The first kappa shape index (κ1) is 20.1. The summed E-state index contributed by atoms with van der Waals surface area (Å²) in [5.41, 5.74) is 5.51. The van der Waals surface area contributed by atoms with E-state index < -0.39 is 0 Å². The summed E-state index contributed by atoms with van der Waals surface area (Å²) >= 11 is 0. The molecule has 31 heavy (non-hydrogen) atoms. The van der Waals surface area contributed by atoms with E-state index in [4.69, 9.17) is 0 Å². The number of likely N-dealkylation sites (tertiary alicyclic amines) is 1. The third-order valence-corrected chi connectivity index (χ3v) is 7.15. The van der Waals surface area contributed by atoms with Crippen LogP contribution in [0.15, 0.2) is 36.7 Å². The molecule has 162 valence electrons. The average molecular weight is 418 g/mol. The second-order valence-electron chi connectivity index (χ2n) is 9.21. The zero-order valence-electron chi connectivity index (χ0n) is 18.6. The number of hydrogen-bond acceptors (Lipinski definition) is 6. The maximum Gasteiger partial charge on any atom is 0.148 e. The number of hydrogen-bond donors (Lipinski definition) is 1. The minimum Gasteiger partial charge on any atom is -0.368 e. The van der Waals surface area contributed by atoms with E-state index in [-0.39, 0.29) is 0 Å². The Hall–Kier alpha value is -2.80. The van der Waals surface area contributed by atoms with Gasteiger partial charge in [0.25, 0.3) is 0 Å². The second kappa shape index (κ2) is 8.38. The highest BCUT2D eigenvalue weighted by Crippen LogP contribution is 2.42. The van der Waals surface area contributed by atoms with E-state index in [1.165, 1.54) is 37.2 Å². The predicted octanol–water partition coefficient (Wildman–Crippen LogP) is 3.46. The molecule has 1 aliphatic carbocycles. The molecule has 2 aliphatic rings. The van der Waals surface area contributed by atoms with Gasteiger partial charge in [-0.3, -0.25) is 14.6 Å². The maximum absolute atomic E-state index is 4.59. The number of anilines is 1. The van der Waals surface area contributed by atoms with Gasteiger partial charge in [0.1, 0.15) is 11.5 Å². The smallest absolute Gasteiger partial charge is 0.148 e. The van der Waals surface area contributed by atoms with Crippen LogP contribution < -0.4 is 5.32 Å². The lowest BCUT2D eigenvalue weighted by Crippen LogP contribution is -2.26. The summed E-state index contributed by atoms with van der Waals surface area (Å²) in [4.78, 5) is 7.19. The van der Waals surface area contributed by atoms with Crippen molar-refractivity contribution < 1.29 is 0 Å². The lowest BCUT2D eigenvalue weighted by atomic mass is 9.92. The van der Waals surface area contributed by atoms with Crippen molar-refractivity contribution in [2.24, 2.45) is 24.8 Å². The average Bonchev–Trinajstić information content (AvgIpc) is 3.43. The van der Waals surface area contributed by atoms with Crippen molar-refractivity contribution in [2.45, 2.75) is 33.2 Å². The van der Waals surface area contributed by atoms with Gasteiger partial charge in [-0.15, -0.1) is 10.2 Å². The Labute approximate surface area is 183 Å². The third-order valence-electron chi connectivity index (χ3n) is 7.15. The molecule has 1 saturated carbocycles. The number of aromatic nitrogens is 5. The monoisotopic (exact) mass is 417 g/mol. The van der Waals surface area contributed by atoms with E-state index in [1.54, 1.807) is 0 Å². The molecule has 4 heterocycles. The summed E-state index contributed by atoms with van der Waals surface area (Å²) in [7, 11) is 1.94. The Morgan fingerprint density at radius 1 is 1.06 bits per heavy atom. The van der Waals surface area contributed by atoms with E-state index >= 15 is 0 Å². The molecule has 3 aromatic heterocycles. The summed E-state index contributed by atoms with van der Waals surface area (Å²) in [6, 6.07) is 8.25. The SMILES string of the molecule is Cc1cccnc1CN1CC2CCC(CNc3ccc(-c4c(C)cnn4C)nn3)C2C1. The largest absolute Gasteiger partial charge is 0.368 e. The molecule has 0 radical (unpaired) electrons. The summed E-state index contributed by atoms with van der Waals surface area (Å²) in [6.45, 7) is 8.53. The fourth-order valence-electron chi connectivity index (χ4n) is 5.45. The molecule has 0 bridgehead atoms. The Morgan fingerprint density at radius 2 is 1.97 bits per heavy atom. The van der Waals surface area contributed by atoms with E-state index in [0.29, 0.717) is 5.92 Å². The zero-order chi connectivity index (χ0) is 21.4. The van der Waals surface area contributed by atoms with Gasteiger partial charge in [0.15, 0.2) is 0 Å². The van der Waals surface area contributed by atoms with Crippen LogP contribution in [0.2, 0.25) is 0 Å². The Kier molecular flexibility index (Phi) is 5.44. The fraction of sp³-hybridized carbons (Fsp3) is 0.500. The van der Waals surface area contributed by atoms with Crippen LogP contribution in [0.4, 0.5) is 5.82 Å². The topological polar surface area (TPSA) is 71.8 Å². The Morgan fingerprint density at radius 3 is 2.71 bits per heavy atom. The normalized spacial score (nSPS) is 23.3. The van der Waals surface area contributed by atoms with E-state index in [9.17, 15) is 0 Å². The van der Waals surface area contributed by atoms with Crippen molar-refractivity contribution in [3.63, 3.8) is 0 Å². The summed E-state index contributed by atoms with van der Waals surface area (Å²) < 4.78 is 1.85. The van der Waals surface area contributed by atoms with Gasteiger partial charge >= 0.3 is 0 Å². The lowest BCUT2D eigenvalue weighted by molar-refractivity contribution is 0.282. The first-order valence-corrected chi connectivity index (χ1v) is 11.3. The molecule has 3 aromatic rings. The molecular weight excluding hydrogens is 386 g/mol. The number of nitrogens with zero attached hydrogens (tertiary/aromatic N) is 6. The molecule has 0 spiro atoms. The van der Waals surface area contributed by atoms with Crippen LogP contribution in [-0.4, -0.2) is 49.5 Å². The van der Waals surface area contributed by atoms with Crippen LogP contribution in [0.1, 0.15) is 29.7 Å². The zero-order valence-corrected chi connectivity index (χ0v) is 18.6. The highest BCUT2D eigenvalue weighted by molar-refractivity contribution is 5.59. The summed E-state index contributed by atoms with van der Waals surface area (Å²) in [6.07, 6.45) is 6.41. The Bertz CT molecular complexity index is 1020. The van der Waals surface area contributed by atoms with E-state index in [1.807, 2.05) is 49.2 Å². The molecule has 1 aliphatic heterocycles. The summed E-state index contributed by atoms with van der Waals surface area (Å²) in [5.74, 6) is 3.13. The lowest BCUT2D eigenvalue weighted by Gasteiger charge is -2.21. The third kappa shape index (κ3) is 4.06. The van der Waals surface area contributed by atoms with Gasteiger partial charge in [-0.2, -0.15) is 5.10 Å². The quantitative estimate of drug-likeness (QED) is 0.662. The number of rotatable bonds is 6. The molecule has 3 atom stereocenters. The van der Waals surface area contributed by atoms with Crippen molar-refractivity contribution in [3.05, 3.63) is 53.5 Å². The molecular formula is C24H31N7. The highest BCUT2D eigenvalue weighted by atomic mass is 15.3. The van der Waals surface area contributed by atoms with Crippen molar-refractivity contribution in [1.82, 2.24) is 29.9 Å². The second-order valence-corrected chi connectivity index (χ2v) is 9.21. The van der Waals surface area contributed by atoms with Crippen molar-refractivity contribution >= 4 is 5.82 Å². The number of nitrogens with one attached hydrogen (secondary N) is 1. The molecule has 7 heteroatoms. The van der Waals surface area contributed by atoms with Gasteiger partial charge in [-0.25, -0.2) is 0 Å². The number of aryl methyl sites for hydroxylation is 3. The molecule has 0 amide bonds. The van der Waals surface area contributed by atoms with Gasteiger partial charge in [0.2, 0.25) is 0 Å². The minimum atomic E-state index is 0.695.